The Labute approximate surface area is 178 Å². The number of nitriles is 1. The number of fused-ring (bicyclic) bond motifs is 3. The molecule has 1 atom stereocenters. The van der Waals surface area contributed by atoms with Gasteiger partial charge in [-0.1, -0.05) is 64.5 Å². The molecule has 0 amide bonds. The van der Waals surface area contributed by atoms with Gasteiger partial charge in [0, 0.05) is 34.0 Å². The van der Waals surface area contributed by atoms with Crippen LogP contribution in [-0.4, -0.2) is 17.8 Å². The van der Waals surface area contributed by atoms with Crippen molar-refractivity contribution in [3.05, 3.63) is 82.3 Å². The minimum absolute atomic E-state index is 0.198. The molecule has 2 heterocycles. The van der Waals surface area contributed by atoms with Crippen LogP contribution in [0.1, 0.15) is 30.0 Å². The topological polar surface area (TPSA) is 38.0 Å². The fraction of sp³-hybridized carbons (Fsp3) is 0.240. The first-order valence-electron chi connectivity index (χ1n) is 10.0. The zero-order valence-corrected chi connectivity index (χ0v) is 17.6. The van der Waals surface area contributed by atoms with Crippen LogP contribution in [-0.2, 0) is 4.74 Å². The van der Waals surface area contributed by atoms with E-state index in [1.165, 1.54) is 11.1 Å². The van der Waals surface area contributed by atoms with Gasteiger partial charge in [-0.25, -0.2) is 0 Å². The molecular formula is C25H21BrN2O. The normalized spacial score (nSPS) is 16.1. The van der Waals surface area contributed by atoms with E-state index in [2.05, 4.69) is 87.2 Å². The Hall–Kier alpha value is -2.61. The summed E-state index contributed by atoms with van der Waals surface area (Å²) in [6.45, 7) is 1.61. The summed E-state index contributed by atoms with van der Waals surface area (Å²) >= 11 is 3.63. The SMILES string of the molecule is N#Cc1cc(Br)cc2c1c1ccccc1n2C(c1ccccc1)C1CCOCC1. The maximum Gasteiger partial charge on any atom is 0.0999 e. The van der Waals surface area contributed by atoms with Crippen LogP contribution in [0.2, 0.25) is 0 Å². The molecule has 5 rings (SSSR count). The summed E-state index contributed by atoms with van der Waals surface area (Å²) in [7, 11) is 0. The minimum Gasteiger partial charge on any atom is -0.381 e. The number of para-hydroxylation sites is 1. The van der Waals surface area contributed by atoms with Gasteiger partial charge in [0.15, 0.2) is 0 Å². The molecule has 0 spiro atoms. The molecule has 0 aliphatic carbocycles. The van der Waals surface area contributed by atoms with Crippen molar-refractivity contribution in [1.29, 1.82) is 5.26 Å². The van der Waals surface area contributed by atoms with E-state index < -0.39 is 0 Å². The molecule has 144 valence electrons. The van der Waals surface area contributed by atoms with Gasteiger partial charge in [0.05, 0.1) is 23.2 Å². The molecule has 0 bridgehead atoms. The van der Waals surface area contributed by atoms with E-state index in [0.29, 0.717) is 11.5 Å². The van der Waals surface area contributed by atoms with Crippen molar-refractivity contribution in [3.8, 4) is 6.07 Å². The number of halogens is 1. The maximum atomic E-state index is 9.84. The Balaban J connectivity index is 1.87. The number of hydrogen-bond donors (Lipinski definition) is 0. The standard InChI is InChI=1S/C25H21BrN2O/c26-20-14-19(16-27)24-21-8-4-5-9-22(21)28(23(24)15-20)25(17-6-2-1-3-7-17)18-10-12-29-13-11-18/h1-9,14-15,18,25H,10-13H2. The second-order valence-electron chi connectivity index (χ2n) is 7.65. The van der Waals surface area contributed by atoms with Crippen molar-refractivity contribution in [2.75, 3.05) is 13.2 Å². The second kappa shape index (κ2) is 7.67. The summed E-state index contributed by atoms with van der Waals surface area (Å²) in [5.41, 5.74) is 4.30. The highest BCUT2D eigenvalue weighted by molar-refractivity contribution is 9.10. The molecule has 29 heavy (non-hydrogen) atoms. The number of hydrogen-bond acceptors (Lipinski definition) is 2. The number of nitrogens with zero attached hydrogens (tertiary/aromatic N) is 2. The Bertz CT molecular complexity index is 1220. The van der Waals surface area contributed by atoms with Crippen molar-refractivity contribution in [2.24, 2.45) is 5.92 Å². The van der Waals surface area contributed by atoms with E-state index in [-0.39, 0.29) is 6.04 Å². The summed E-state index contributed by atoms with van der Waals surface area (Å²) in [5.74, 6) is 0.481. The highest BCUT2D eigenvalue weighted by Crippen LogP contribution is 2.42. The van der Waals surface area contributed by atoms with Crippen molar-refractivity contribution in [2.45, 2.75) is 18.9 Å². The van der Waals surface area contributed by atoms with Crippen LogP contribution in [0, 0.1) is 17.2 Å². The predicted molar refractivity (Wildman–Crippen MR) is 120 cm³/mol. The van der Waals surface area contributed by atoms with E-state index >= 15 is 0 Å². The lowest BCUT2D eigenvalue weighted by atomic mass is 9.86. The smallest absolute Gasteiger partial charge is 0.0999 e. The molecule has 0 radical (unpaired) electrons. The molecule has 1 unspecified atom stereocenters. The molecule has 1 fully saturated rings. The summed E-state index contributed by atoms with van der Waals surface area (Å²) in [6.07, 6.45) is 2.07. The van der Waals surface area contributed by atoms with Gasteiger partial charge in [-0.15, -0.1) is 0 Å². The number of benzene rings is 3. The average Bonchev–Trinajstić information content (AvgIpc) is 3.09. The largest absolute Gasteiger partial charge is 0.381 e. The van der Waals surface area contributed by atoms with Gasteiger partial charge in [-0.2, -0.15) is 5.26 Å². The Morgan fingerprint density at radius 3 is 2.45 bits per heavy atom. The van der Waals surface area contributed by atoms with Crippen LogP contribution in [0.5, 0.6) is 0 Å². The van der Waals surface area contributed by atoms with Gasteiger partial charge in [-0.3, -0.25) is 0 Å². The van der Waals surface area contributed by atoms with E-state index in [0.717, 1.165) is 46.8 Å². The average molecular weight is 445 g/mol. The predicted octanol–water partition coefficient (Wildman–Crippen LogP) is 6.44. The van der Waals surface area contributed by atoms with Crippen LogP contribution >= 0.6 is 15.9 Å². The molecule has 4 heteroatoms. The van der Waals surface area contributed by atoms with Crippen molar-refractivity contribution in [3.63, 3.8) is 0 Å². The summed E-state index contributed by atoms with van der Waals surface area (Å²) < 4.78 is 9.07. The highest BCUT2D eigenvalue weighted by atomic mass is 79.9. The molecule has 1 saturated heterocycles. The molecule has 1 aliphatic heterocycles. The van der Waals surface area contributed by atoms with Crippen LogP contribution in [0.4, 0.5) is 0 Å². The lowest BCUT2D eigenvalue weighted by Crippen LogP contribution is -2.26. The summed E-state index contributed by atoms with van der Waals surface area (Å²) in [5, 5.41) is 12.0. The van der Waals surface area contributed by atoms with E-state index in [4.69, 9.17) is 4.74 Å². The zero-order chi connectivity index (χ0) is 19.8. The Morgan fingerprint density at radius 1 is 0.966 bits per heavy atom. The lowest BCUT2D eigenvalue weighted by Gasteiger charge is -2.33. The first kappa shape index (κ1) is 18.4. The summed E-state index contributed by atoms with van der Waals surface area (Å²) in [4.78, 5) is 0. The third-order valence-corrected chi connectivity index (χ3v) is 6.48. The van der Waals surface area contributed by atoms with Crippen molar-refractivity contribution in [1.82, 2.24) is 4.57 Å². The Kier molecular flexibility index (Phi) is 4.87. The van der Waals surface area contributed by atoms with E-state index in [9.17, 15) is 5.26 Å². The first-order valence-corrected chi connectivity index (χ1v) is 10.8. The van der Waals surface area contributed by atoms with Gasteiger partial charge in [-0.05, 0) is 42.5 Å². The highest BCUT2D eigenvalue weighted by Gasteiger charge is 2.30. The molecule has 3 aromatic carbocycles. The molecule has 4 aromatic rings. The van der Waals surface area contributed by atoms with Crippen molar-refractivity contribution >= 4 is 37.7 Å². The van der Waals surface area contributed by atoms with Gasteiger partial charge >= 0.3 is 0 Å². The monoisotopic (exact) mass is 444 g/mol. The second-order valence-corrected chi connectivity index (χ2v) is 8.57. The van der Waals surface area contributed by atoms with Gasteiger partial charge in [0.2, 0.25) is 0 Å². The molecule has 0 saturated carbocycles. The van der Waals surface area contributed by atoms with Crippen LogP contribution in [0.3, 0.4) is 0 Å². The molecule has 3 nitrogen and oxygen atoms in total. The van der Waals surface area contributed by atoms with Crippen molar-refractivity contribution < 1.29 is 4.74 Å². The van der Waals surface area contributed by atoms with Gasteiger partial charge < -0.3 is 9.30 Å². The van der Waals surface area contributed by atoms with Crippen LogP contribution in [0.25, 0.3) is 21.8 Å². The van der Waals surface area contributed by atoms with Gasteiger partial charge in [0.25, 0.3) is 0 Å². The molecular weight excluding hydrogens is 424 g/mol. The first-order chi connectivity index (χ1) is 14.3. The fourth-order valence-electron chi connectivity index (χ4n) is 4.79. The van der Waals surface area contributed by atoms with Crippen LogP contribution in [0.15, 0.2) is 71.2 Å². The molecule has 1 aliphatic rings. The Morgan fingerprint density at radius 2 is 1.69 bits per heavy atom. The number of rotatable bonds is 3. The third-order valence-electron chi connectivity index (χ3n) is 6.03. The number of aromatic nitrogens is 1. The zero-order valence-electron chi connectivity index (χ0n) is 16.0. The fourth-order valence-corrected chi connectivity index (χ4v) is 5.24. The van der Waals surface area contributed by atoms with Crippen LogP contribution < -0.4 is 0 Å². The minimum atomic E-state index is 0.198. The van der Waals surface area contributed by atoms with E-state index in [1.807, 2.05) is 6.07 Å². The quantitative estimate of drug-likeness (QED) is 0.364. The van der Waals surface area contributed by atoms with Gasteiger partial charge in [0.1, 0.15) is 0 Å². The summed E-state index contributed by atoms with van der Waals surface area (Å²) in [6, 6.07) is 25.9. The molecule has 0 N–H and O–H groups in total. The van der Waals surface area contributed by atoms with E-state index in [1.54, 1.807) is 0 Å². The number of ether oxygens (including phenoxy) is 1. The third kappa shape index (κ3) is 3.15. The lowest BCUT2D eigenvalue weighted by molar-refractivity contribution is 0.0553. The maximum absolute atomic E-state index is 9.84. The molecule has 1 aromatic heterocycles.